The lowest BCUT2D eigenvalue weighted by Crippen LogP contribution is -2.16. The Bertz CT molecular complexity index is 381. The summed E-state index contributed by atoms with van der Waals surface area (Å²) in [6.07, 6.45) is 2.30. The van der Waals surface area contributed by atoms with Gasteiger partial charge in [0, 0.05) is 4.47 Å². The number of hydrogen-bond donors (Lipinski definition) is 1. The zero-order chi connectivity index (χ0) is 12.1. The molecule has 16 heavy (non-hydrogen) atoms. The highest BCUT2D eigenvalue weighted by Gasteiger charge is 2.10. The molecule has 0 radical (unpaired) electrons. The van der Waals surface area contributed by atoms with Gasteiger partial charge in [-0.25, -0.2) is 0 Å². The first-order chi connectivity index (χ1) is 7.54. The minimum absolute atomic E-state index is 0.180. The minimum Gasteiger partial charge on any atom is -0.490 e. The number of thiocarbonyl (C=S) groups is 1. The Kier molecular flexibility index (Phi) is 5.22. The van der Waals surface area contributed by atoms with Crippen molar-refractivity contribution >= 4 is 33.1 Å². The van der Waals surface area contributed by atoms with Gasteiger partial charge >= 0.3 is 0 Å². The van der Waals surface area contributed by atoms with Gasteiger partial charge in [-0.2, -0.15) is 0 Å². The minimum atomic E-state index is 0.180. The average molecular weight is 302 g/mol. The molecule has 0 aromatic heterocycles. The van der Waals surface area contributed by atoms with E-state index in [0.717, 1.165) is 28.6 Å². The molecule has 0 saturated carbocycles. The Balaban J connectivity index is 2.90. The standard InChI is InChI=1S/C12H16BrNOS/c1-3-4-8(2)15-11-6-5-9(13)7-10(11)12(14)16/h5-8H,3-4H2,1-2H3,(H2,14,16). The molecule has 1 aromatic carbocycles. The van der Waals surface area contributed by atoms with Gasteiger partial charge in [0.2, 0.25) is 0 Å². The Morgan fingerprint density at radius 2 is 2.25 bits per heavy atom. The van der Waals surface area contributed by atoms with E-state index in [1.54, 1.807) is 0 Å². The van der Waals surface area contributed by atoms with Gasteiger partial charge in [0.05, 0.1) is 11.7 Å². The number of benzene rings is 1. The van der Waals surface area contributed by atoms with Crippen LogP contribution >= 0.6 is 28.1 Å². The highest BCUT2D eigenvalue weighted by atomic mass is 79.9. The summed E-state index contributed by atoms with van der Waals surface area (Å²) in [7, 11) is 0. The van der Waals surface area contributed by atoms with Crippen LogP contribution in [0.4, 0.5) is 0 Å². The summed E-state index contributed by atoms with van der Waals surface area (Å²) in [6.45, 7) is 4.19. The molecule has 0 aliphatic rings. The van der Waals surface area contributed by atoms with Gasteiger partial charge in [0.15, 0.2) is 0 Å². The molecule has 0 fully saturated rings. The van der Waals surface area contributed by atoms with Gasteiger partial charge in [-0.3, -0.25) is 0 Å². The number of rotatable bonds is 5. The van der Waals surface area contributed by atoms with Crippen LogP contribution in [0, 0.1) is 0 Å². The molecule has 1 unspecified atom stereocenters. The van der Waals surface area contributed by atoms with Crippen molar-refractivity contribution in [3.8, 4) is 5.75 Å². The van der Waals surface area contributed by atoms with Crippen molar-refractivity contribution < 1.29 is 4.74 Å². The summed E-state index contributed by atoms with van der Waals surface area (Å²) < 4.78 is 6.76. The quantitative estimate of drug-likeness (QED) is 0.843. The normalized spacial score (nSPS) is 12.2. The van der Waals surface area contributed by atoms with Crippen LogP contribution in [0.1, 0.15) is 32.3 Å². The summed E-state index contributed by atoms with van der Waals surface area (Å²) in [5, 5.41) is 0. The van der Waals surface area contributed by atoms with E-state index in [1.165, 1.54) is 0 Å². The van der Waals surface area contributed by atoms with Crippen LogP contribution in [0.2, 0.25) is 0 Å². The van der Waals surface area contributed by atoms with Gasteiger partial charge < -0.3 is 10.5 Å². The molecule has 2 N–H and O–H groups in total. The van der Waals surface area contributed by atoms with Gasteiger partial charge in [0.1, 0.15) is 10.7 Å². The molecule has 0 bridgehead atoms. The molecule has 0 aliphatic heterocycles. The first-order valence-electron chi connectivity index (χ1n) is 5.30. The van der Waals surface area contributed by atoms with Crippen molar-refractivity contribution in [2.24, 2.45) is 5.73 Å². The van der Waals surface area contributed by atoms with Crippen molar-refractivity contribution in [3.63, 3.8) is 0 Å². The third kappa shape index (κ3) is 3.76. The van der Waals surface area contributed by atoms with Crippen LogP contribution in [0.15, 0.2) is 22.7 Å². The first kappa shape index (κ1) is 13.5. The van der Waals surface area contributed by atoms with Crippen molar-refractivity contribution in [1.29, 1.82) is 0 Å². The molecule has 2 nitrogen and oxygen atoms in total. The molecule has 0 saturated heterocycles. The third-order valence-electron chi connectivity index (χ3n) is 2.23. The molecule has 1 rings (SSSR count). The van der Waals surface area contributed by atoms with Crippen molar-refractivity contribution in [2.45, 2.75) is 32.8 Å². The molecule has 0 heterocycles. The predicted molar refractivity (Wildman–Crippen MR) is 75.0 cm³/mol. The Labute approximate surface area is 110 Å². The summed E-state index contributed by atoms with van der Waals surface area (Å²) >= 11 is 8.39. The van der Waals surface area contributed by atoms with Crippen molar-refractivity contribution in [1.82, 2.24) is 0 Å². The molecular weight excluding hydrogens is 286 g/mol. The Morgan fingerprint density at radius 1 is 1.56 bits per heavy atom. The molecule has 4 heteroatoms. The van der Waals surface area contributed by atoms with E-state index in [0.29, 0.717) is 4.99 Å². The second kappa shape index (κ2) is 6.21. The topological polar surface area (TPSA) is 35.2 Å². The zero-order valence-electron chi connectivity index (χ0n) is 9.50. The summed E-state index contributed by atoms with van der Waals surface area (Å²) in [6, 6.07) is 5.71. The van der Waals surface area contributed by atoms with Gasteiger partial charge in [-0.1, -0.05) is 41.5 Å². The molecule has 0 amide bonds. The fourth-order valence-corrected chi connectivity index (χ4v) is 2.00. The van der Waals surface area contributed by atoms with Crippen LogP contribution in [-0.2, 0) is 0 Å². The number of nitrogens with two attached hydrogens (primary N) is 1. The summed E-state index contributed by atoms with van der Waals surface area (Å²) in [4.78, 5) is 0.361. The summed E-state index contributed by atoms with van der Waals surface area (Å²) in [5.74, 6) is 0.761. The maximum Gasteiger partial charge on any atom is 0.129 e. The second-order valence-corrected chi connectivity index (χ2v) is 5.08. The molecule has 0 aliphatic carbocycles. The first-order valence-corrected chi connectivity index (χ1v) is 6.50. The van der Waals surface area contributed by atoms with E-state index in [9.17, 15) is 0 Å². The SMILES string of the molecule is CCCC(C)Oc1ccc(Br)cc1C(N)=S. The van der Waals surface area contributed by atoms with Gasteiger partial charge in [0.25, 0.3) is 0 Å². The Hall–Kier alpha value is -0.610. The van der Waals surface area contributed by atoms with Crippen LogP contribution in [0.3, 0.4) is 0 Å². The lowest BCUT2D eigenvalue weighted by molar-refractivity contribution is 0.209. The lowest BCUT2D eigenvalue weighted by Gasteiger charge is -2.16. The number of hydrogen-bond acceptors (Lipinski definition) is 2. The smallest absolute Gasteiger partial charge is 0.129 e. The fourth-order valence-electron chi connectivity index (χ4n) is 1.48. The van der Waals surface area contributed by atoms with E-state index in [4.69, 9.17) is 22.7 Å². The molecule has 1 atom stereocenters. The van der Waals surface area contributed by atoms with Crippen LogP contribution in [0.25, 0.3) is 0 Å². The molecule has 1 aromatic rings. The van der Waals surface area contributed by atoms with Crippen LogP contribution in [0.5, 0.6) is 5.75 Å². The highest BCUT2D eigenvalue weighted by molar-refractivity contribution is 9.10. The lowest BCUT2D eigenvalue weighted by atomic mass is 10.2. The zero-order valence-corrected chi connectivity index (χ0v) is 11.9. The van der Waals surface area contributed by atoms with Crippen molar-refractivity contribution in [2.75, 3.05) is 0 Å². The van der Waals surface area contributed by atoms with Gasteiger partial charge in [-0.15, -0.1) is 0 Å². The highest BCUT2D eigenvalue weighted by Crippen LogP contribution is 2.24. The van der Waals surface area contributed by atoms with Crippen molar-refractivity contribution in [3.05, 3.63) is 28.2 Å². The largest absolute Gasteiger partial charge is 0.490 e. The van der Waals surface area contributed by atoms with E-state index < -0.39 is 0 Å². The van der Waals surface area contributed by atoms with Crippen LogP contribution < -0.4 is 10.5 Å². The van der Waals surface area contributed by atoms with E-state index >= 15 is 0 Å². The Morgan fingerprint density at radius 3 is 2.81 bits per heavy atom. The van der Waals surface area contributed by atoms with E-state index in [-0.39, 0.29) is 6.10 Å². The maximum atomic E-state index is 5.81. The average Bonchev–Trinajstić information content (AvgIpc) is 2.20. The second-order valence-electron chi connectivity index (χ2n) is 3.72. The predicted octanol–water partition coefficient (Wildman–Crippen LogP) is 3.65. The third-order valence-corrected chi connectivity index (χ3v) is 2.94. The fraction of sp³-hybridized carbons (Fsp3) is 0.417. The summed E-state index contributed by atoms with van der Waals surface area (Å²) in [5.41, 5.74) is 6.45. The van der Waals surface area contributed by atoms with Crippen LogP contribution in [-0.4, -0.2) is 11.1 Å². The number of halogens is 1. The number of ether oxygens (including phenoxy) is 1. The van der Waals surface area contributed by atoms with Gasteiger partial charge in [-0.05, 0) is 31.5 Å². The van der Waals surface area contributed by atoms with E-state index in [2.05, 4.69) is 29.8 Å². The molecule has 0 spiro atoms. The monoisotopic (exact) mass is 301 g/mol. The molecular formula is C12H16BrNOS. The maximum absolute atomic E-state index is 5.81. The molecule has 88 valence electrons. The van der Waals surface area contributed by atoms with E-state index in [1.807, 2.05) is 18.2 Å².